The molecule has 1 aliphatic rings. The number of hydrogen-bond donors (Lipinski definition) is 3. The second-order valence-electron chi connectivity index (χ2n) is 4.08. The van der Waals surface area contributed by atoms with Crippen molar-refractivity contribution >= 4 is 5.97 Å². The first-order valence-corrected chi connectivity index (χ1v) is 5.19. The molecular formula is C11H12F2N2O2. The summed E-state index contributed by atoms with van der Waals surface area (Å²) in [5.74, 6) is -3.25. The van der Waals surface area contributed by atoms with Gasteiger partial charge in [-0.15, -0.1) is 0 Å². The van der Waals surface area contributed by atoms with Gasteiger partial charge >= 0.3 is 5.97 Å². The topological polar surface area (TPSA) is 61.4 Å². The Morgan fingerprint density at radius 3 is 2.65 bits per heavy atom. The Hall–Kier alpha value is -1.53. The Kier molecular flexibility index (Phi) is 3.08. The summed E-state index contributed by atoms with van der Waals surface area (Å²) in [6.45, 7) is 1.69. The van der Waals surface area contributed by atoms with Gasteiger partial charge in [0.2, 0.25) is 0 Å². The smallest absolute Gasteiger partial charge is 0.310 e. The predicted octanol–water partition coefficient (Wildman–Crippen LogP) is 1.20. The van der Waals surface area contributed by atoms with Gasteiger partial charge in [0, 0.05) is 17.7 Å². The van der Waals surface area contributed by atoms with Gasteiger partial charge in [0.1, 0.15) is 11.6 Å². The van der Waals surface area contributed by atoms with Gasteiger partial charge in [-0.3, -0.25) is 10.2 Å². The van der Waals surface area contributed by atoms with Crippen molar-refractivity contribution < 1.29 is 18.7 Å². The number of carbonyl (C=O) groups is 1. The maximum atomic E-state index is 13.6. The van der Waals surface area contributed by atoms with Crippen LogP contribution >= 0.6 is 0 Å². The molecule has 3 unspecified atom stereocenters. The summed E-state index contributed by atoms with van der Waals surface area (Å²) < 4.78 is 26.3. The lowest BCUT2D eigenvalue weighted by Gasteiger charge is -2.17. The average Bonchev–Trinajstić information content (AvgIpc) is 2.60. The number of hydrazine groups is 1. The molecule has 0 aliphatic carbocycles. The molecule has 1 aromatic carbocycles. The molecular weight excluding hydrogens is 230 g/mol. The highest BCUT2D eigenvalue weighted by molar-refractivity contribution is 5.72. The summed E-state index contributed by atoms with van der Waals surface area (Å²) in [7, 11) is 0. The zero-order valence-corrected chi connectivity index (χ0v) is 9.08. The van der Waals surface area contributed by atoms with Crippen LogP contribution in [0.3, 0.4) is 0 Å². The van der Waals surface area contributed by atoms with Crippen LogP contribution in [0.2, 0.25) is 0 Å². The molecule has 17 heavy (non-hydrogen) atoms. The Morgan fingerprint density at radius 2 is 2.06 bits per heavy atom. The van der Waals surface area contributed by atoms with Gasteiger partial charge in [0.25, 0.3) is 0 Å². The second kappa shape index (κ2) is 4.38. The number of rotatable bonds is 2. The Balaban J connectivity index is 2.36. The molecule has 0 spiro atoms. The molecule has 92 valence electrons. The van der Waals surface area contributed by atoms with E-state index in [4.69, 9.17) is 5.11 Å². The monoisotopic (exact) mass is 242 g/mol. The van der Waals surface area contributed by atoms with Gasteiger partial charge in [-0.1, -0.05) is 6.07 Å². The average molecular weight is 242 g/mol. The number of hydrogen-bond acceptors (Lipinski definition) is 3. The third-order valence-electron chi connectivity index (χ3n) is 2.95. The lowest BCUT2D eigenvalue weighted by molar-refractivity contribution is -0.142. The normalized spacial score (nSPS) is 28.3. The minimum absolute atomic E-state index is 0.149. The van der Waals surface area contributed by atoms with Crippen LogP contribution in [0.15, 0.2) is 18.2 Å². The van der Waals surface area contributed by atoms with Crippen molar-refractivity contribution in [2.24, 2.45) is 5.92 Å². The molecule has 1 heterocycles. The van der Waals surface area contributed by atoms with Gasteiger partial charge in [0.15, 0.2) is 0 Å². The van der Waals surface area contributed by atoms with Crippen LogP contribution in [0.25, 0.3) is 0 Å². The molecule has 1 aromatic rings. The molecule has 0 saturated carbocycles. The minimum Gasteiger partial charge on any atom is -0.481 e. The number of carboxylic acid groups (broad SMARTS) is 1. The summed E-state index contributed by atoms with van der Waals surface area (Å²) in [6, 6.07) is 2.09. The maximum absolute atomic E-state index is 13.6. The van der Waals surface area contributed by atoms with Crippen molar-refractivity contribution in [2.75, 3.05) is 0 Å². The molecule has 3 atom stereocenters. The fourth-order valence-corrected chi connectivity index (χ4v) is 2.07. The van der Waals surface area contributed by atoms with Crippen molar-refractivity contribution in [3.63, 3.8) is 0 Å². The fourth-order valence-electron chi connectivity index (χ4n) is 2.07. The standard InChI is InChI=1S/C11H12F2N2O2/c1-5-9(11(16)17)10(15-14-5)7-3-2-6(12)4-8(7)13/h2-5,9-10,14-15H,1H3,(H,16,17). The Bertz CT molecular complexity index is 453. The minimum atomic E-state index is -1.02. The number of halogens is 2. The second-order valence-corrected chi connectivity index (χ2v) is 4.08. The van der Waals surface area contributed by atoms with Crippen LogP contribution in [0.4, 0.5) is 8.78 Å². The Morgan fingerprint density at radius 1 is 1.35 bits per heavy atom. The zero-order chi connectivity index (χ0) is 12.6. The van der Waals surface area contributed by atoms with Gasteiger partial charge in [-0.05, 0) is 13.0 Å². The van der Waals surface area contributed by atoms with Crippen LogP contribution in [-0.4, -0.2) is 17.1 Å². The van der Waals surface area contributed by atoms with Gasteiger partial charge in [-0.2, -0.15) is 0 Å². The van der Waals surface area contributed by atoms with Crippen molar-refractivity contribution in [3.05, 3.63) is 35.4 Å². The quantitative estimate of drug-likeness (QED) is 0.729. The molecule has 0 radical (unpaired) electrons. The van der Waals surface area contributed by atoms with E-state index in [1.165, 1.54) is 6.07 Å². The van der Waals surface area contributed by atoms with E-state index in [0.717, 1.165) is 12.1 Å². The van der Waals surface area contributed by atoms with Crippen LogP contribution < -0.4 is 10.9 Å². The third-order valence-corrected chi connectivity index (χ3v) is 2.95. The highest BCUT2D eigenvalue weighted by atomic mass is 19.1. The van der Waals surface area contributed by atoms with Crippen LogP contribution in [0.1, 0.15) is 18.5 Å². The number of carboxylic acids is 1. The molecule has 4 nitrogen and oxygen atoms in total. The van der Waals surface area contributed by atoms with Gasteiger partial charge < -0.3 is 5.11 Å². The first-order chi connectivity index (χ1) is 8.00. The summed E-state index contributed by atoms with van der Waals surface area (Å²) in [6.07, 6.45) is 0. The van der Waals surface area contributed by atoms with E-state index in [-0.39, 0.29) is 11.6 Å². The van der Waals surface area contributed by atoms with Crippen LogP contribution in [0, 0.1) is 17.6 Å². The van der Waals surface area contributed by atoms with Crippen LogP contribution in [0.5, 0.6) is 0 Å². The number of nitrogens with one attached hydrogen (secondary N) is 2. The van der Waals surface area contributed by atoms with E-state index in [0.29, 0.717) is 0 Å². The van der Waals surface area contributed by atoms with E-state index in [1.54, 1.807) is 6.92 Å². The Labute approximate surface area is 96.6 Å². The molecule has 2 rings (SSSR count). The molecule has 0 bridgehead atoms. The first-order valence-electron chi connectivity index (χ1n) is 5.19. The van der Waals surface area contributed by atoms with E-state index in [9.17, 15) is 13.6 Å². The van der Waals surface area contributed by atoms with Crippen molar-refractivity contribution in [1.29, 1.82) is 0 Å². The van der Waals surface area contributed by atoms with Crippen molar-refractivity contribution in [1.82, 2.24) is 10.9 Å². The van der Waals surface area contributed by atoms with E-state index in [2.05, 4.69) is 10.9 Å². The summed E-state index contributed by atoms with van der Waals surface area (Å²) in [4.78, 5) is 11.1. The van der Waals surface area contributed by atoms with E-state index in [1.807, 2.05) is 0 Å². The number of aliphatic carboxylic acids is 1. The van der Waals surface area contributed by atoms with Crippen molar-refractivity contribution in [3.8, 4) is 0 Å². The fraction of sp³-hybridized carbons (Fsp3) is 0.364. The van der Waals surface area contributed by atoms with Crippen molar-refractivity contribution in [2.45, 2.75) is 19.0 Å². The SMILES string of the molecule is CC1NNC(c2ccc(F)cc2F)C1C(=O)O. The molecule has 3 N–H and O–H groups in total. The van der Waals surface area contributed by atoms with E-state index >= 15 is 0 Å². The third kappa shape index (κ3) is 2.13. The lowest BCUT2D eigenvalue weighted by Crippen LogP contribution is -2.30. The molecule has 0 aromatic heterocycles. The lowest BCUT2D eigenvalue weighted by atomic mass is 9.90. The molecule has 1 fully saturated rings. The highest BCUT2D eigenvalue weighted by Crippen LogP contribution is 2.30. The van der Waals surface area contributed by atoms with Gasteiger partial charge in [0.05, 0.1) is 12.0 Å². The predicted molar refractivity (Wildman–Crippen MR) is 56.0 cm³/mol. The largest absolute Gasteiger partial charge is 0.481 e. The molecule has 1 saturated heterocycles. The summed E-state index contributed by atoms with van der Waals surface area (Å²) >= 11 is 0. The summed E-state index contributed by atoms with van der Waals surface area (Å²) in [5.41, 5.74) is 5.62. The molecule has 6 heteroatoms. The first kappa shape index (κ1) is 11.9. The maximum Gasteiger partial charge on any atom is 0.310 e. The van der Waals surface area contributed by atoms with E-state index < -0.39 is 29.6 Å². The van der Waals surface area contributed by atoms with Crippen LogP contribution in [-0.2, 0) is 4.79 Å². The molecule has 0 amide bonds. The van der Waals surface area contributed by atoms with Gasteiger partial charge in [-0.25, -0.2) is 14.2 Å². The molecule has 1 aliphatic heterocycles. The highest BCUT2D eigenvalue weighted by Gasteiger charge is 2.40. The zero-order valence-electron chi connectivity index (χ0n) is 9.08. The summed E-state index contributed by atoms with van der Waals surface area (Å²) in [5, 5.41) is 9.08. The number of benzene rings is 1.